The van der Waals surface area contributed by atoms with E-state index in [0.717, 1.165) is 18.2 Å². The number of phenolic OH excluding ortho intramolecular Hbond substituents is 1. The molecular formula is C20H22N4O7. The van der Waals surface area contributed by atoms with E-state index in [1.807, 2.05) is 0 Å². The van der Waals surface area contributed by atoms with E-state index in [-0.39, 0.29) is 51.7 Å². The zero-order valence-electron chi connectivity index (χ0n) is 16.8. The maximum absolute atomic E-state index is 12.4. The fourth-order valence-electron chi connectivity index (χ4n) is 3.30. The van der Waals surface area contributed by atoms with Gasteiger partial charge < -0.3 is 30.7 Å². The molecular weight excluding hydrogens is 408 g/mol. The van der Waals surface area contributed by atoms with Crippen molar-refractivity contribution in [3.63, 3.8) is 0 Å². The number of phenols is 1. The van der Waals surface area contributed by atoms with Gasteiger partial charge in [-0.25, -0.2) is 9.78 Å². The topological polar surface area (TPSA) is 176 Å². The molecule has 3 aromatic rings. The minimum absolute atomic E-state index is 0.00690. The highest BCUT2D eigenvalue weighted by Gasteiger charge is 2.17. The number of aliphatic hydroxyl groups excluding tert-OH is 2. The molecule has 164 valence electrons. The third-order valence-electron chi connectivity index (χ3n) is 4.85. The molecule has 0 radical (unpaired) electrons. The molecule has 6 N–H and O–H groups in total. The maximum atomic E-state index is 12.4. The Kier molecular flexibility index (Phi) is 6.20. The van der Waals surface area contributed by atoms with Crippen LogP contribution in [0.25, 0.3) is 28.3 Å². The molecule has 0 aliphatic carbocycles. The summed E-state index contributed by atoms with van der Waals surface area (Å²) >= 11 is 0. The number of aliphatic hydroxyl groups is 2. The van der Waals surface area contributed by atoms with Gasteiger partial charge in [0.25, 0.3) is 0 Å². The van der Waals surface area contributed by atoms with Crippen LogP contribution < -0.4 is 21.4 Å². The van der Waals surface area contributed by atoms with Gasteiger partial charge in [0.2, 0.25) is 10.9 Å². The Morgan fingerprint density at radius 3 is 2.45 bits per heavy atom. The van der Waals surface area contributed by atoms with Crippen molar-refractivity contribution in [3.05, 3.63) is 49.4 Å². The number of carboxylic acids is 1. The highest BCUT2D eigenvalue weighted by atomic mass is 16.4. The third-order valence-corrected chi connectivity index (χ3v) is 4.85. The van der Waals surface area contributed by atoms with Gasteiger partial charge in [-0.1, -0.05) is 0 Å². The lowest BCUT2D eigenvalue weighted by Gasteiger charge is -2.27. The summed E-state index contributed by atoms with van der Waals surface area (Å²) in [4.78, 5) is 44.4. The number of hydrogen-bond acceptors (Lipinski definition) is 9. The Bertz CT molecular complexity index is 1310. The first kappa shape index (κ1) is 22.2. The number of rotatable bonds is 7. The summed E-state index contributed by atoms with van der Waals surface area (Å²) < 4.78 is 0. The van der Waals surface area contributed by atoms with Crippen LogP contribution in [-0.4, -0.2) is 66.8 Å². The lowest BCUT2D eigenvalue weighted by atomic mass is 10.1. The van der Waals surface area contributed by atoms with Gasteiger partial charge >= 0.3 is 5.97 Å². The van der Waals surface area contributed by atoms with Crippen LogP contribution in [0.1, 0.15) is 24.2 Å². The molecule has 0 fully saturated rings. The zero-order valence-corrected chi connectivity index (χ0v) is 16.8. The Balaban J connectivity index is 2.12. The summed E-state index contributed by atoms with van der Waals surface area (Å²) in [6.07, 6.45) is -0.368. The predicted molar refractivity (Wildman–Crippen MR) is 113 cm³/mol. The van der Waals surface area contributed by atoms with E-state index in [9.17, 15) is 34.8 Å². The number of nitrogens with zero attached hydrogens (tertiary/aromatic N) is 2. The Hall–Kier alpha value is -3.54. The number of H-pyrrole nitrogens is 1. The van der Waals surface area contributed by atoms with Crippen LogP contribution in [-0.2, 0) is 0 Å². The average Bonchev–Trinajstić information content (AvgIpc) is 2.68. The summed E-state index contributed by atoms with van der Waals surface area (Å²) in [5, 5.41) is 42.0. The number of aromatic amines is 1. The fourth-order valence-corrected chi connectivity index (χ4v) is 3.30. The van der Waals surface area contributed by atoms with E-state index in [1.165, 1.54) is 24.9 Å². The zero-order chi connectivity index (χ0) is 22.9. The summed E-state index contributed by atoms with van der Waals surface area (Å²) in [5.74, 6) is -1.67. The molecule has 0 aliphatic rings. The van der Waals surface area contributed by atoms with Gasteiger partial charge in [0.05, 0.1) is 16.3 Å². The molecule has 2 unspecified atom stereocenters. The van der Waals surface area contributed by atoms with Gasteiger partial charge in [-0.15, -0.1) is 0 Å². The lowest BCUT2D eigenvalue weighted by molar-refractivity contribution is -0.0824. The van der Waals surface area contributed by atoms with Crippen LogP contribution in [0.5, 0.6) is 5.75 Å². The first-order valence-corrected chi connectivity index (χ1v) is 9.43. The molecule has 0 bridgehead atoms. The molecule has 0 spiro atoms. The van der Waals surface area contributed by atoms with Crippen LogP contribution in [0.4, 0.5) is 0 Å². The van der Waals surface area contributed by atoms with Crippen LogP contribution in [0.15, 0.2) is 27.8 Å². The van der Waals surface area contributed by atoms with E-state index in [0.29, 0.717) is 0 Å². The Morgan fingerprint density at radius 1 is 1.16 bits per heavy atom. The smallest absolute Gasteiger partial charge is 0.337 e. The molecule has 3 rings (SSSR count). The molecule has 0 saturated carbocycles. The number of carboxylic acid groups (broad SMARTS) is 1. The van der Waals surface area contributed by atoms with Crippen molar-refractivity contribution in [2.45, 2.75) is 26.3 Å². The van der Waals surface area contributed by atoms with Crippen molar-refractivity contribution >= 4 is 34.2 Å². The second-order valence-corrected chi connectivity index (χ2v) is 7.01. The number of benzene rings is 2. The minimum Gasteiger partial charge on any atom is -0.507 e. The van der Waals surface area contributed by atoms with E-state index in [1.54, 1.807) is 0 Å². The van der Waals surface area contributed by atoms with Gasteiger partial charge in [-0.3, -0.25) is 14.5 Å². The quantitative estimate of drug-likeness (QED) is 0.153. The molecule has 2 aromatic carbocycles. The summed E-state index contributed by atoms with van der Waals surface area (Å²) in [6, 6.07) is 3.16. The Morgan fingerprint density at radius 2 is 1.84 bits per heavy atom. The number of carbonyl (C=O) groups is 1. The fraction of sp³-hybridized carbons (Fsp3) is 0.300. The minimum atomic E-state index is -1.29. The maximum Gasteiger partial charge on any atom is 0.337 e. The molecule has 0 amide bonds. The van der Waals surface area contributed by atoms with E-state index in [2.05, 4.69) is 15.3 Å². The number of fused-ring (bicyclic) bond motifs is 2. The largest absolute Gasteiger partial charge is 0.507 e. The molecule has 1 aromatic heterocycles. The van der Waals surface area contributed by atoms with Crippen molar-refractivity contribution in [3.8, 4) is 5.75 Å². The molecule has 2 atom stereocenters. The van der Waals surface area contributed by atoms with Crippen LogP contribution >= 0.6 is 0 Å². The van der Waals surface area contributed by atoms with Crippen molar-refractivity contribution in [1.29, 1.82) is 0 Å². The van der Waals surface area contributed by atoms with Crippen LogP contribution in [0.3, 0.4) is 0 Å². The van der Waals surface area contributed by atoms with Crippen LogP contribution in [0.2, 0.25) is 0 Å². The van der Waals surface area contributed by atoms with Crippen molar-refractivity contribution in [2.75, 3.05) is 13.1 Å². The second-order valence-electron chi connectivity index (χ2n) is 7.01. The molecule has 0 saturated heterocycles. The number of hydrogen-bond donors (Lipinski definition) is 6. The van der Waals surface area contributed by atoms with Gasteiger partial charge in [-0.05, 0) is 26.0 Å². The van der Waals surface area contributed by atoms with Gasteiger partial charge in [-0.2, -0.15) is 0 Å². The van der Waals surface area contributed by atoms with Crippen LogP contribution in [0, 0.1) is 0 Å². The van der Waals surface area contributed by atoms with Gasteiger partial charge in [0, 0.05) is 25.4 Å². The van der Waals surface area contributed by atoms with E-state index in [4.69, 9.17) is 0 Å². The van der Waals surface area contributed by atoms with Crippen molar-refractivity contribution in [2.24, 2.45) is 0 Å². The summed E-state index contributed by atoms with van der Waals surface area (Å²) in [7, 11) is 0. The monoisotopic (exact) mass is 430 g/mol. The molecule has 0 aliphatic heterocycles. The van der Waals surface area contributed by atoms with Crippen molar-refractivity contribution < 1.29 is 25.2 Å². The molecule has 11 nitrogen and oxygen atoms in total. The average molecular weight is 430 g/mol. The molecule has 31 heavy (non-hydrogen) atoms. The summed E-state index contributed by atoms with van der Waals surface area (Å²) in [5.41, 5.74) is -1.72. The lowest BCUT2D eigenvalue weighted by Crippen LogP contribution is -2.43. The number of aromatic nitrogens is 2. The van der Waals surface area contributed by atoms with E-state index >= 15 is 0 Å². The standard InChI is InChI=1S/C20H22N4O7/c1-9(25)24(10(2)26)6-5-21-8-12-14(28)7-15(29)19-17(12)23-18-13(27)4-3-11(20(30)31)16(18)22-19/h3-4,7-10,21-22,25-26,28H,5-6H2,1-2H3,(H,30,31)/b12-8-. The number of nitrogens with one attached hydrogen (secondary N) is 2. The predicted octanol–water partition coefficient (Wildman–Crippen LogP) is -1.13. The molecule has 11 heteroatoms. The molecule has 1 heterocycles. The highest BCUT2D eigenvalue weighted by Crippen LogP contribution is 2.15. The van der Waals surface area contributed by atoms with Gasteiger partial charge in [0.1, 0.15) is 34.8 Å². The number of aromatic carboxylic acids is 1. The van der Waals surface area contributed by atoms with Crippen molar-refractivity contribution in [1.82, 2.24) is 20.2 Å². The first-order valence-electron chi connectivity index (χ1n) is 9.43. The highest BCUT2D eigenvalue weighted by molar-refractivity contribution is 6.02. The third kappa shape index (κ3) is 4.33. The van der Waals surface area contributed by atoms with E-state index < -0.39 is 29.3 Å². The number of aromatic hydroxyl groups is 1. The second kappa shape index (κ2) is 8.68. The van der Waals surface area contributed by atoms with Gasteiger partial charge in [0.15, 0.2) is 0 Å². The normalized spacial score (nSPS) is 14.3. The first-order chi connectivity index (χ1) is 14.6. The SMILES string of the molecule is CC(O)N(CCN/C=c1/c(O)cc(=O)c2[nH]c3c(C(=O)O)ccc(=O)c3nc12)C(C)O. The summed E-state index contributed by atoms with van der Waals surface area (Å²) in [6.45, 7) is 3.56. The Labute approximate surface area is 174 Å².